The van der Waals surface area contributed by atoms with Crippen molar-refractivity contribution in [2.45, 2.75) is 24.2 Å². The summed E-state index contributed by atoms with van der Waals surface area (Å²) in [6, 6.07) is 12.1. The molecule has 0 aliphatic heterocycles. The molecule has 0 radical (unpaired) electrons. The summed E-state index contributed by atoms with van der Waals surface area (Å²) in [5.41, 5.74) is 2.85. The monoisotopic (exact) mass is 374 g/mol. The first-order valence-corrected chi connectivity index (χ1v) is 9.86. The molecule has 26 heavy (non-hydrogen) atoms. The van der Waals surface area contributed by atoms with Gasteiger partial charge in [-0.2, -0.15) is 4.31 Å². The molecule has 7 heteroatoms. The number of carbonyl (C=O) groups is 1. The second-order valence-electron chi connectivity index (χ2n) is 6.33. The molecule has 0 bridgehead atoms. The van der Waals surface area contributed by atoms with Crippen LogP contribution in [0.15, 0.2) is 47.4 Å². The fourth-order valence-corrected chi connectivity index (χ4v) is 4.26. The van der Waals surface area contributed by atoms with Gasteiger partial charge in [-0.05, 0) is 54.7 Å². The highest BCUT2D eigenvalue weighted by Crippen LogP contribution is 2.26. The molecule has 0 spiro atoms. The fraction of sp³-hybridized carbons (Fsp3) is 0.316. The van der Waals surface area contributed by atoms with Gasteiger partial charge >= 0.3 is 0 Å². The maximum absolute atomic E-state index is 12.7. The highest BCUT2D eigenvalue weighted by molar-refractivity contribution is 7.89. The summed E-state index contributed by atoms with van der Waals surface area (Å²) in [6.45, 7) is -0.267. The number of hydrogen-bond acceptors (Lipinski definition) is 4. The molecule has 0 atom stereocenters. The Hall–Kier alpha value is -2.38. The molecule has 1 aliphatic carbocycles. The lowest BCUT2D eigenvalue weighted by Crippen LogP contribution is -2.35. The van der Waals surface area contributed by atoms with E-state index >= 15 is 0 Å². The van der Waals surface area contributed by atoms with Gasteiger partial charge in [0.25, 0.3) is 0 Å². The van der Waals surface area contributed by atoms with Crippen molar-refractivity contribution in [3.8, 4) is 5.75 Å². The SMILES string of the molecule is COc1cccc(NC(=O)CN(C)S(=O)(=O)c2ccc3c(c2)CCC3)c1. The summed E-state index contributed by atoms with van der Waals surface area (Å²) in [6.07, 6.45) is 2.95. The molecule has 0 fully saturated rings. The van der Waals surface area contributed by atoms with Gasteiger partial charge in [-0.3, -0.25) is 4.79 Å². The van der Waals surface area contributed by atoms with Crippen LogP contribution in [0.25, 0.3) is 0 Å². The van der Waals surface area contributed by atoms with Crippen molar-refractivity contribution in [1.29, 1.82) is 0 Å². The molecule has 2 aromatic rings. The lowest BCUT2D eigenvalue weighted by molar-refractivity contribution is -0.116. The first-order chi connectivity index (χ1) is 12.4. The minimum atomic E-state index is -3.71. The van der Waals surface area contributed by atoms with Gasteiger partial charge in [-0.1, -0.05) is 12.1 Å². The van der Waals surface area contributed by atoms with Crippen molar-refractivity contribution in [2.24, 2.45) is 0 Å². The van der Waals surface area contributed by atoms with Crippen LogP contribution in [0.3, 0.4) is 0 Å². The van der Waals surface area contributed by atoms with Crippen molar-refractivity contribution in [2.75, 3.05) is 26.0 Å². The molecule has 1 aliphatic rings. The molecule has 6 nitrogen and oxygen atoms in total. The largest absolute Gasteiger partial charge is 0.497 e. The van der Waals surface area contributed by atoms with E-state index in [2.05, 4.69) is 5.32 Å². The number of nitrogens with one attached hydrogen (secondary N) is 1. The number of methoxy groups -OCH3 is 1. The number of likely N-dealkylation sites (N-methyl/N-ethyl adjacent to an activating group) is 1. The molecule has 2 aromatic carbocycles. The van der Waals surface area contributed by atoms with Crippen LogP contribution in [0.4, 0.5) is 5.69 Å². The topological polar surface area (TPSA) is 75.7 Å². The zero-order valence-corrected chi connectivity index (χ0v) is 15.7. The van der Waals surface area contributed by atoms with E-state index in [0.29, 0.717) is 11.4 Å². The average Bonchev–Trinajstić information content (AvgIpc) is 3.09. The van der Waals surface area contributed by atoms with Gasteiger partial charge < -0.3 is 10.1 Å². The maximum Gasteiger partial charge on any atom is 0.243 e. The van der Waals surface area contributed by atoms with Crippen LogP contribution in [-0.4, -0.2) is 39.3 Å². The summed E-state index contributed by atoms with van der Waals surface area (Å²) in [5.74, 6) is 0.201. The molecule has 1 N–H and O–H groups in total. The third kappa shape index (κ3) is 3.89. The lowest BCUT2D eigenvalue weighted by Gasteiger charge is -2.17. The van der Waals surface area contributed by atoms with Crippen molar-refractivity contribution < 1.29 is 17.9 Å². The Labute approximate surface area is 153 Å². The van der Waals surface area contributed by atoms with Crippen LogP contribution in [0.1, 0.15) is 17.5 Å². The minimum Gasteiger partial charge on any atom is -0.497 e. The van der Waals surface area contributed by atoms with Crippen molar-refractivity contribution in [3.63, 3.8) is 0 Å². The molecule has 138 valence electrons. The Morgan fingerprint density at radius 3 is 2.69 bits per heavy atom. The van der Waals surface area contributed by atoms with Crippen molar-refractivity contribution in [1.82, 2.24) is 4.31 Å². The molecule has 0 aromatic heterocycles. The fourth-order valence-electron chi connectivity index (χ4n) is 3.08. The number of sulfonamides is 1. The Morgan fingerprint density at radius 2 is 1.92 bits per heavy atom. The molecular weight excluding hydrogens is 352 g/mol. The van der Waals surface area contributed by atoms with Crippen LogP contribution in [0.5, 0.6) is 5.75 Å². The standard InChI is InChI=1S/C19H22N2O4S/c1-21(13-19(22)20-16-7-4-8-17(12-16)25-2)26(23,24)18-10-9-14-5-3-6-15(14)11-18/h4,7-12H,3,5-6,13H2,1-2H3,(H,20,22). The van der Waals surface area contributed by atoms with Gasteiger partial charge in [0, 0.05) is 18.8 Å². The third-order valence-electron chi connectivity index (χ3n) is 4.50. The number of fused-ring (bicyclic) bond motifs is 1. The number of hydrogen-bond donors (Lipinski definition) is 1. The summed E-state index contributed by atoms with van der Waals surface area (Å²) in [4.78, 5) is 12.5. The van der Waals surface area contributed by atoms with E-state index in [1.807, 2.05) is 6.07 Å². The molecule has 0 heterocycles. The van der Waals surface area contributed by atoms with Crippen molar-refractivity contribution in [3.05, 3.63) is 53.6 Å². The van der Waals surface area contributed by atoms with Gasteiger partial charge in [0.1, 0.15) is 5.75 Å². The van der Waals surface area contributed by atoms with E-state index < -0.39 is 15.9 Å². The lowest BCUT2D eigenvalue weighted by atomic mass is 10.1. The summed E-state index contributed by atoms with van der Waals surface area (Å²) in [7, 11) is -0.763. The van der Waals surface area contributed by atoms with Gasteiger partial charge in [0.2, 0.25) is 15.9 Å². The second kappa shape index (κ2) is 7.47. The number of carbonyl (C=O) groups excluding carboxylic acids is 1. The highest BCUT2D eigenvalue weighted by atomic mass is 32.2. The molecule has 0 saturated heterocycles. The third-order valence-corrected chi connectivity index (χ3v) is 6.30. The predicted octanol–water partition coefficient (Wildman–Crippen LogP) is 2.44. The van der Waals surface area contributed by atoms with E-state index in [4.69, 9.17) is 4.74 Å². The normalized spacial score (nSPS) is 13.5. The van der Waals surface area contributed by atoms with Crippen LogP contribution in [-0.2, 0) is 27.7 Å². The maximum atomic E-state index is 12.7. The van der Waals surface area contributed by atoms with Crippen LogP contribution >= 0.6 is 0 Å². The minimum absolute atomic E-state index is 0.231. The Bertz CT molecular complexity index is 925. The molecular formula is C19H22N2O4S. The zero-order chi connectivity index (χ0) is 18.7. The quantitative estimate of drug-likeness (QED) is 0.843. The number of anilines is 1. The molecule has 0 unspecified atom stereocenters. The predicted molar refractivity (Wildman–Crippen MR) is 99.9 cm³/mol. The number of ether oxygens (including phenoxy) is 1. The van der Waals surface area contributed by atoms with Gasteiger partial charge in [0.15, 0.2) is 0 Å². The Balaban J connectivity index is 1.69. The van der Waals surface area contributed by atoms with Gasteiger partial charge in [0.05, 0.1) is 18.6 Å². The first-order valence-electron chi connectivity index (χ1n) is 8.42. The smallest absolute Gasteiger partial charge is 0.243 e. The molecule has 1 amide bonds. The van der Waals surface area contributed by atoms with Crippen LogP contribution in [0, 0.1) is 0 Å². The summed E-state index contributed by atoms with van der Waals surface area (Å²) >= 11 is 0. The van der Waals surface area contributed by atoms with Gasteiger partial charge in [-0.25, -0.2) is 8.42 Å². The van der Waals surface area contributed by atoms with Crippen molar-refractivity contribution >= 4 is 21.6 Å². The number of rotatable bonds is 6. The number of amides is 1. The first kappa shape index (κ1) is 18.4. The summed E-state index contributed by atoms with van der Waals surface area (Å²) in [5, 5.41) is 2.69. The molecule has 3 rings (SSSR count). The highest BCUT2D eigenvalue weighted by Gasteiger charge is 2.24. The van der Waals surface area contributed by atoms with E-state index in [9.17, 15) is 13.2 Å². The van der Waals surface area contributed by atoms with Gasteiger partial charge in [-0.15, -0.1) is 0 Å². The van der Waals surface area contributed by atoms with E-state index in [1.54, 1.807) is 36.4 Å². The number of benzene rings is 2. The van der Waals surface area contributed by atoms with E-state index in [-0.39, 0.29) is 11.4 Å². The zero-order valence-electron chi connectivity index (χ0n) is 14.9. The Kier molecular flexibility index (Phi) is 5.29. The van der Waals surface area contributed by atoms with E-state index in [1.165, 1.54) is 19.7 Å². The summed E-state index contributed by atoms with van der Waals surface area (Å²) < 4.78 is 31.7. The number of nitrogens with zero attached hydrogens (tertiary/aromatic N) is 1. The number of aryl methyl sites for hydroxylation is 2. The average molecular weight is 374 g/mol. The Morgan fingerprint density at radius 1 is 1.15 bits per heavy atom. The van der Waals surface area contributed by atoms with Crippen LogP contribution in [0.2, 0.25) is 0 Å². The van der Waals surface area contributed by atoms with E-state index in [0.717, 1.165) is 29.1 Å². The van der Waals surface area contributed by atoms with Crippen LogP contribution < -0.4 is 10.1 Å². The molecule has 0 saturated carbocycles. The second-order valence-corrected chi connectivity index (χ2v) is 8.37.